The zero-order valence-corrected chi connectivity index (χ0v) is 15.1. The third kappa shape index (κ3) is 4.79. The van der Waals surface area contributed by atoms with Crippen molar-refractivity contribution in [1.82, 2.24) is 10.1 Å². The van der Waals surface area contributed by atoms with Crippen LogP contribution < -0.4 is 16.0 Å². The van der Waals surface area contributed by atoms with Crippen LogP contribution in [-0.4, -0.2) is 27.9 Å². The Morgan fingerprint density at radius 3 is 2.36 bits per heavy atom. The minimum atomic E-state index is -0.494. The van der Waals surface area contributed by atoms with Crippen molar-refractivity contribution in [2.24, 2.45) is 0 Å². The summed E-state index contributed by atoms with van der Waals surface area (Å²) < 4.78 is 4.90. The van der Waals surface area contributed by atoms with Gasteiger partial charge in [-0.05, 0) is 37.3 Å². The summed E-state index contributed by atoms with van der Waals surface area (Å²) in [5.74, 6) is -0.317. The number of benzene rings is 1. The summed E-state index contributed by atoms with van der Waals surface area (Å²) in [5.41, 5.74) is 1.34. The van der Waals surface area contributed by atoms with Crippen LogP contribution in [0.15, 0.2) is 53.2 Å². The van der Waals surface area contributed by atoms with Gasteiger partial charge in [-0.2, -0.15) is 0 Å². The van der Waals surface area contributed by atoms with E-state index in [2.05, 4.69) is 26.1 Å². The predicted molar refractivity (Wildman–Crippen MR) is 102 cm³/mol. The Kier molecular flexibility index (Phi) is 5.45. The largest absolute Gasteiger partial charge is 0.360 e. The third-order valence-corrected chi connectivity index (χ3v) is 3.57. The van der Waals surface area contributed by atoms with Gasteiger partial charge in [-0.1, -0.05) is 11.2 Å². The van der Waals surface area contributed by atoms with Gasteiger partial charge in [-0.25, -0.2) is 0 Å². The maximum absolute atomic E-state index is 12.5. The molecule has 9 nitrogen and oxygen atoms in total. The van der Waals surface area contributed by atoms with E-state index in [9.17, 15) is 14.4 Å². The SMILES string of the molecule is CC(=O)Nc1cccc(NC(=O)c2cc(C(=O)Nc3cc(C)on3)ccn2)c1. The molecule has 1 aromatic carbocycles. The number of aryl methyl sites for hydroxylation is 1. The Hall–Kier alpha value is -4.01. The van der Waals surface area contributed by atoms with Crippen molar-refractivity contribution in [1.29, 1.82) is 0 Å². The number of aromatic nitrogens is 2. The molecule has 3 amide bonds. The zero-order chi connectivity index (χ0) is 20.1. The van der Waals surface area contributed by atoms with Crippen LogP contribution in [0.4, 0.5) is 17.2 Å². The highest BCUT2D eigenvalue weighted by molar-refractivity contribution is 6.07. The molecule has 2 heterocycles. The highest BCUT2D eigenvalue weighted by atomic mass is 16.5. The summed E-state index contributed by atoms with van der Waals surface area (Å²) in [6.07, 6.45) is 1.37. The monoisotopic (exact) mass is 379 g/mol. The first-order valence-corrected chi connectivity index (χ1v) is 8.30. The van der Waals surface area contributed by atoms with Crippen LogP contribution in [0.2, 0.25) is 0 Å². The summed E-state index contributed by atoms with van der Waals surface area (Å²) in [5, 5.41) is 11.6. The van der Waals surface area contributed by atoms with E-state index in [0.29, 0.717) is 17.1 Å². The number of nitrogens with one attached hydrogen (secondary N) is 3. The number of anilines is 3. The first-order valence-electron chi connectivity index (χ1n) is 8.30. The molecule has 0 bridgehead atoms. The quantitative estimate of drug-likeness (QED) is 0.626. The lowest BCUT2D eigenvalue weighted by molar-refractivity contribution is -0.114. The molecule has 3 N–H and O–H groups in total. The molecule has 0 saturated carbocycles. The fourth-order valence-corrected chi connectivity index (χ4v) is 2.38. The molecule has 0 saturated heterocycles. The molecule has 0 unspecified atom stereocenters. The van der Waals surface area contributed by atoms with Crippen molar-refractivity contribution in [3.05, 3.63) is 65.7 Å². The number of hydrogen-bond donors (Lipinski definition) is 3. The minimum Gasteiger partial charge on any atom is -0.360 e. The highest BCUT2D eigenvalue weighted by Crippen LogP contribution is 2.16. The molecule has 9 heteroatoms. The molecule has 3 aromatic rings. The standard InChI is InChI=1S/C19H17N5O4/c1-11-8-17(24-28-11)23-18(26)13-6-7-20-16(9-13)19(27)22-15-5-3-4-14(10-15)21-12(2)25/h3-10H,1-2H3,(H,21,25)(H,22,27)(H,23,24,26). The van der Waals surface area contributed by atoms with Crippen molar-refractivity contribution < 1.29 is 18.9 Å². The molecule has 0 aliphatic carbocycles. The van der Waals surface area contributed by atoms with E-state index in [1.165, 1.54) is 25.3 Å². The molecule has 0 radical (unpaired) electrons. The molecule has 0 spiro atoms. The molecule has 3 rings (SSSR count). The highest BCUT2D eigenvalue weighted by Gasteiger charge is 2.14. The summed E-state index contributed by atoms with van der Waals surface area (Å²) >= 11 is 0. The van der Waals surface area contributed by atoms with E-state index in [4.69, 9.17) is 4.52 Å². The molecule has 2 aromatic heterocycles. The second-order valence-corrected chi connectivity index (χ2v) is 5.92. The molecule has 0 aliphatic heterocycles. The van der Waals surface area contributed by atoms with Gasteiger partial charge in [-0.3, -0.25) is 19.4 Å². The van der Waals surface area contributed by atoms with Crippen LogP contribution in [0.1, 0.15) is 33.5 Å². The Morgan fingerprint density at radius 1 is 0.929 bits per heavy atom. The summed E-state index contributed by atoms with van der Waals surface area (Å²) in [4.78, 5) is 39.9. The van der Waals surface area contributed by atoms with Crippen molar-refractivity contribution in [2.45, 2.75) is 13.8 Å². The molecule has 0 aliphatic rings. The normalized spacial score (nSPS) is 10.2. The Morgan fingerprint density at radius 2 is 1.68 bits per heavy atom. The van der Waals surface area contributed by atoms with Gasteiger partial charge in [0.1, 0.15) is 11.5 Å². The first-order chi connectivity index (χ1) is 13.4. The van der Waals surface area contributed by atoms with E-state index in [-0.39, 0.29) is 23.0 Å². The number of carbonyl (C=O) groups excluding carboxylic acids is 3. The van der Waals surface area contributed by atoms with E-state index in [1.54, 1.807) is 37.3 Å². The lowest BCUT2D eigenvalue weighted by atomic mass is 10.2. The summed E-state index contributed by atoms with van der Waals surface area (Å²) in [6.45, 7) is 3.10. The number of nitrogens with zero attached hydrogens (tertiary/aromatic N) is 2. The van der Waals surface area contributed by atoms with E-state index < -0.39 is 11.8 Å². The average Bonchev–Trinajstić information content (AvgIpc) is 3.06. The number of rotatable bonds is 5. The Balaban J connectivity index is 1.71. The Bertz CT molecular complexity index is 1040. The molecule has 0 fully saturated rings. The van der Waals surface area contributed by atoms with Gasteiger partial charge in [0.25, 0.3) is 11.8 Å². The van der Waals surface area contributed by atoms with Gasteiger partial charge in [0, 0.05) is 36.1 Å². The van der Waals surface area contributed by atoms with Crippen LogP contribution >= 0.6 is 0 Å². The molecular weight excluding hydrogens is 362 g/mol. The van der Waals surface area contributed by atoms with Crippen molar-refractivity contribution in [3.63, 3.8) is 0 Å². The minimum absolute atomic E-state index is 0.0638. The van der Waals surface area contributed by atoms with Gasteiger partial charge in [0.05, 0.1) is 0 Å². The van der Waals surface area contributed by atoms with Crippen LogP contribution in [0.3, 0.4) is 0 Å². The van der Waals surface area contributed by atoms with Crippen molar-refractivity contribution in [3.8, 4) is 0 Å². The molecular formula is C19H17N5O4. The van der Waals surface area contributed by atoms with E-state index >= 15 is 0 Å². The van der Waals surface area contributed by atoms with Crippen LogP contribution in [0.5, 0.6) is 0 Å². The number of hydrogen-bond acceptors (Lipinski definition) is 6. The van der Waals surface area contributed by atoms with Gasteiger partial charge in [0.2, 0.25) is 5.91 Å². The first kappa shape index (κ1) is 18.8. The average molecular weight is 379 g/mol. The van der Waals surface area contributed by atoms with Gasteiger partial charge >= 0.3 is 0 Å². The fourth-order valence-electron chi connectivity index (χ4n) is 2.38. The van der Waals surface area contributed by atoms with E-state index in [0.717, 1.165) is 0 Å². The second-order valence-electron chi connectivity index (χ2n) is 5.92. The van der Waals surface area contributed by atoms with Crippen LogP contribution in [0.25, 0.3) is 0 Å². The topological polar surface area (TPSA) is 126 Å². The summed E-state index contributed by atoms with van der Waals surface area (Å²) in [6, 6.07) is 11.1. The Labute approximate surface area is 160 Å². The molecule has 28 heavy (non-hydrogen) atoms. The number of amides is 3. The van der Waals surface area contributed by atoms with Gasteiger partial charge in [0.15, 0.2) is 5.82 Å². The lowest BCUT2D eigenvalue weighted by Gasteiger charge is -2.08. The van der Waals surface area contributed by atoms with Crippen molar-refractivity contribution >= 4 is 34.9 Å². The smallest absolute Gasteiger partial charge is 0.274 e. The van der Waals surface area contributed by atoms with Crippen LogP contribution in [0, 0.1) is 6.92 Å². The van der Waals surface area contributed by atoms with E-state index in [1.807, 2.05) is 0 Å². The maximum Gasteiger partial charge on any atom is 0.274 e. The lowest BCUT2D eigenvalue weighted by Crippen LogP contribution is -2.17. The summed E-state index contributed by atoms with van der Waals surface area (Å²) in [7, 11) is 0. The third-order valence-electron chi connectivity index (χ3n) is 3.57. The number of pyridine rings is 1. The van der Waals surface area contributed by atoms with Gasteiger partial charge < -0.3 is 20.5 Å². The molecule has 142 valence electrons. The molecule has 0 atom stereocenters. The number of carbonyl (C=O) groups is 3. The predicted octanol–water partition coefficient (Wildman–Crippen LogP) is 2.84. The van der Waals surface area contributed by atoms with Gasteiger partial charge in [-0.15, -0.1) is 0 Å². The fraction of sp³-hybridized carbons (Fsp3) is 0.105. The zero-order valence-electron chi connectivity index (χ0n) is 15.1. The second kappa shape index (κ2) is 8.12. The van der Waals surface area contributed by atoms with Crippen LogP contribution in [-0.2, 0) is 4.79 Å². The maximum atomic E-state index is 12.5. The van der Waals surface area contributed by atoms with Crippen molar-refractivity contribution in [2.75, 3.05) is 16.0 Å².